The van der Waals surface area contributed by atoms with Crippen molar-refractivity contribution in [3.8, 4) is 11.8 Å². The van der Waals surface area contributed by atoms with Crippen LogP contribution in [0.3, 0.4) is 0 Å². The largest absolute Gasteiger partial charge is 0.508 e. The lowest BCUT2D eigenvalue weighted by Crippen LogP contribution is -1.93. The van der Waals surface area contributed by atoms with Crippen molar-refractivity contribution in [2.75, 3.05) is 0 Å². The molecule has 0 saturated carbocycles. The van der Waals surface area contributed by atoms with Gasteiger partial charge < -0.3 is 5.11 Å². The first-order chi connectivity index (χ1) is 6.13. The lowest BCUT2D eigenvalue weighted by molar-refractivity contribution is 0.101. The maximum Gasteiger partial charge on any atom is 0.159 e. The summed E-state index contributed by atoms with van der Waals surface area (Å²) >= 11 is 0. The molecule has 1 aromatic carbocycles. The van der Waals surface area contributed by atoms with Crippen LogP contribution in [0.4, 0.5) is 0 Å². The van der Waals surface area contributed by atoms with Gasteiger partial charge in [0.25, 0.3) is 0 Å². The summed E-state index contributed by atoms with van der Waals surface area (Å²) < 4.78 is 0. The van der Waals surface area contributed by atoms with Crippen molar-refractivity contribution in [1.82, 2.24) is 0 Å². The van der Waals surface area contributed by atoms with Gasteiger partial charge in [0, 0.05) is 5.56 Å². The Kier molecular flexibility index (Phi) is 2.65. The van der Waals surface area contributed by atoms with Crippen LogP contribution in [0, 0.1) is 11.3 Å². The number of hydrogen-bond acceptors (Lipinski definition) is 3. The van der Waals surface area contributed by atoms with Gasteiger partial charge in [-0.3, -0.25) is 4.79 Å². The van der Waals surface area contributed by atoms with Gasteiger partial charge in [-0.15, -0.1) is 0 Å². The molecule has 0 heterocycles. The number of carbonyl (C=O) groups is 1. The Bertz CT molecular complexity index is 377. The Hall–Kier alpha value is -1.82. The lowest BCUT2D eigenvalue weighted by Gasteiger charge is -2.00. The lowest BCUT2D eigenvalue weighted by atomic mass is 10.1. The number of phenolic OH excluding ortho intramolecular Hbond substituents is 1. The fourth-order valence-electron chi connectivity index (χ4n) is 1.07. The van der Waals surface area contributed by atoms with E-state index in [-0.39, 0.29) is 18.0 Å². The highest BCUT2D eigenvalue weighted by molar-refractivity contribution is 5.94. The number of nitriles is 1. The Balaban J connectivity index is 3.12. The molecule has 0 radical (unpaired) electrons. The third-order valence-corrected chi connectivity index (χ3v) is 1.67. The molecule has 66 valence electrons. The standard InChI is InChI=1S/C10H9NO2/c1-7(12)9-4-8(2-3-11)5-10(13)6-9/h4-6,13H,2H2,1H3. The zero-order chi connectivity index (χ0) is 9.84. The van der Waals surface area contributed by atoms with Gasteiger partial charge in [-0.25, -0.2) is 0 Å². The van der Waals surface area contributed by atoms with E-state index in [1.165, 1.54) is 19.1 Å². The van der Waals surface area contributed by atoms with Crippen molar-refractivity contribution in [2.45, 2.75) is 13.3 Å². The summed E-state index contributed by atoms with van der Waals surface area (Å²) in [6.07, 6.45) is 0.203. The van der Waals surface area contributed by atoms with Crippen LogP contribution in [0.2, 0.25) is 0 Å². The molecular weight excluding hydrogens is 166 g/mol. The van der Waals surface area contributed by atoms with E-state index < -0.39 is 0 Å². The van der Waals surface area contributed by atoms with E-state index in [1.807, 2.05) is 6.07 Å². The van der Waals surface area contributed by atoms with Crippen molar-refractivity contribution in [3.63, 3.8) is 0 Å². The predicted molar refractivity (Wildman–Crippen MR) is 47.4 cm³/mol. The van der Waals surface area contributed by atoms with Gasteiger partial charge in [-0.05, 0) is 30.7 Å². The van der Waals surface area contributed by atoms with E-state index in [9.17, 15) is 9.90 Å². The molecule has 0 spiro atoms. The molecule has 1 aromatic rings. The first-order valence-electron chi connectivity index (χ1n) is 3.84. The van der Waals surface area contributed by atoms with Crippen LogP contribution in [-0.2, 0) is 6.42 Å². The van der Waals surface area contributed by atoms with Crippen LogP contribution >= 0.6 is 0 Å². The number of nitrogens with zero attached hydrogens (tertiary/aromatic N) is 1. The minimum absolute atomic E-state index is 0.0259. The van der Waals surface area contributed by atoms with Crippen LogP contribution in [-0.4, -0.2) is 10.9 Å². The molecular formula is C10H9NO2. The van der Waals surface area contributed by atoms with Crippen molar-refractivity contribution < 1.29 is 9.90 Å². The van der Waals surface area contributed by atoms with E-state index in [0.29, 0.717) is 11.1 Å². The highest BCUT2D eigenvalue weighted by atomic mass is 16.3. The molecule has 3 nitrogen and oxygen atoms in total. The second-order valence-electron chi connectivity index (χ2n) is 2.78. The topological polar surface area (TPSA) is 61.1 Å². The summed E-state index contributed by atoms with van der Waals surface area (Å²) in [5.74, 6) is -0.0898. The molecule has 0 amide bonds. The van der Waals surface area contributed by atoms with E-state index >= 15 is 0 Å². The van der Waals surface area contributed by atoms with Gasteiger partial charge in [-0.1, -0.05) is 0 Å². The van der Waals surface area contributed by atoms with Gasteiger partial charge in [0.05, 0.1) is 12.5 Å². The van der Waals surface area contributed by atoms with Crippen LogP contribution in [0.1, 0.15) is 22.8 Å². The summed E-state index contributed by atoms with van der Waals surface area (Å²) in [7, 11) is 0. The smallest absolute Gasteiger partial charge is 0.159 e. The summed E-state index contributed by atoms with van der Waals surface area (Å²) in [6, 6.07) is 6.45. The molecule has 0 atom stereocenters. The summed E-state index contributed by atoms with van der Waals surface area (Å²) in [5, 5.41) is 17.6. The molecule has 0 bridgehead atoms. The maximum absolute atomic E-state index is 11.0. The minimum atomic E-state index is -0.116. The third-order valence-electron chi connectivity index (χ3n) is 1.67. The molecule has 1 N–H and O–H groups in total. The van der Waals surface area contributed by atoms with Crippen LogP contribution in [0.15, 0.2) is 18.2 Å². The number of carbonyl (C=O) groups excluding carboxylic acids is 1. The van der Waals surface area contributed by atoms with Gasteiger partial charge in [-0.2, -0.15) is 5.26 Å². The Labute approximate surface area is 76.2 Å². The van der Waals surface area contributed by atoms with Gasteiger partial charge in [0.15, 0.2) is 5.78 Å². The predicted octanol–water partition coefficient (Wildman–Crippen LogP) is 1.66. The molecule has 1 rings (SSSR count). The number of hydrogen-bond donors (Lipinski definition) is 1. The van der Waals surface area contributed by atoms with Crippen molar-refractivity contribution in [1.29, 1.82) is 5.26 Å². The quantitative estimate of drug-likeness (QED) is 0.695. The highest BCUT2D eigenvalue weighted by Crippen LogP contribution is 2.16. The Morgan fingerprint density at radius 2 is 2.23 bits per heavy atom. The zero-order valence-electron chi connectivity index (χ0n) is 7.24. The van der Waals surface area contributed by atoms with Crippen molar-refractivity contribution in [2.24, 2.45) is 0 Å². The number of phenols is 1. The molecule has 0 aliphatic heterocycles. The minimum Gasteiger partial charge on any atom is -0.508 e. The molecule has 0 saturated heterocycles. The second-order valence-corrected chi connectivity index (χ2v) is 2.78. The van der Waals surface area contributed by atoms with E-state index in [4.69, 9.17) is 5.26 Å². The summed E-state index contributed by atoms with van der Waals surface area (Å²) in [5.41, 5.74) is 1.10. The summed E-state index contributed by atoms with van der Waals surface area (Å²) in [4.78, 5) is 11.0. The average molecular weight is 175 g/mol. The molecule has 0 aliphatic carbocycles. The third kappa shape index (κ3) is 2.31. The average Bonchev–Trinajstić information content (AvgIpc) is 2.03. The monoisotopic (exact) mass is 175 g/mol. The van der Waals surface area contributed by atoms with Gasteiger partial charge >= 0.3 is 0 Å². The number of benzene rings is 1. The van der Waals surface area contributed by atoms with E-state index in [2.05, 4.69) is 0 Å². The molecule has 0 aliphatic rings. The first-order valence-corrected chi connectivity index (χ1v) is 3.84. The number of Topliss-reactive ketones (excluding diaryl/α,β-unsaturated/α-hetero) is 1. The highest BCUT2D eigenvalue weighted by Gasteiger charge is 2.03. The number of rotatable bonds is 2. The molecule has 0 fully saturated rings. The Morgan fingerprint density at radius 1 is 1.54 bits per heavy atom. The normalized spacial score (nSPS) is 9.23. The van der Waals surface area contributed by atoms with E-state index in [1.54, 1.807) is 6.07 Å². The molecule has 0 unspecified atom stereocenters. The molecule has 13 heavy (non-hydrogen) atoms. The number of aromatic hydroxyl groups is 1. The van der Waals surface area contributed by atoms with Gasteiger partial charge in [0.2, 0.25) is 0 Å². The van der Waals surface area contributed by atoms with E-state index in [0.717, 1.165) is 0 Å². The Morgan fingerprint density at radius 3 is 2.77 bits per heavy atom. The van der Waals surface area contributed by atoms with Crippen molar-refractivity contribution >= 4 is 5.78 Å². The second kappa shape index (κ2) is 3.72. The first kappa shape index (κ1) is 9.27. The maximum atomic E-state index is 11.0. The fourth-order valence-corrected chi connectivity index (χ4v) is 1.07. The summed E-state index contributed by atoms with van der Waals surface area (Å²) in [6.45, 7) is 1.42. The van der Waals surface area contributed by atoms with Gasteiger partial charge in [0.1, 0.15) is 5.75 Å². The molecule has 0 aromatic heterocycles. The number of ketones is 1. The SMILES string of the molecule is CC(=O)c1cc(O)cc(CC#N)c1. The van der Waals surface area contributed by atoms with Crippen LogP contribution < -0.4 is 0 Å². The molecule has 3 heteroatoms. The fraction of sp³-hybridized carbons (Fsp3) is 0.200. The van der Waals surface area contributed by atoms with Crippen molar-refractivity contribution in [3.05, 3.63) is 29.3 Å². The zero-order valence-corrected chi connectivity index (χ0v) is 7.24. The van der Waals surface area contributed by atoms with Crippen LogP contribution in [0.5, 0.6) is 5.75 Å². The van der Waals surface area contributed by atoms with Crippen LogP contribution in [0.25, 0.3) is 0 Å².